The smallest absolute Gasteiger partial charge is 0.318 e. The van der Waals surface area contributed by atoms with Crippen molar-refractivity contribution in [1.82, 2.24) is 15.2 Å². The van der Waals surface area contributed by atoms with Gasteiger partial charge in [-0.1, -0.05) is 24.3 Å². The monoisotopic (exact) mass is 326 g/mol. The van der Waals surface area contributed by atoms with E-state index in [1.165, 1.54) is 24.4 Å². The molecule has 1 fully saturated rings. The molecule has 2 heterocycles. The highest BCUT2D eigenvalue weighted by Gasteiger charge is 2.50. The zero-order chi connectivity index (χ0) is 17.3. The van der Waals surface area contributed by atoms with Gasteiger partial charge in [-0.05, 0) is 19.1 Å². The number of pyridine rings is 1. The number of carbonyl (C=O) groups excluding carboxylic acids is 2. The molecule has 24 heavy (non-hydrogen) atoms. The van der Waals surface area contributed by atoms with Crippen molar-refractivity contribution in [3.05, 3.63) is 70.0 Å². The van der Waals surface area contributed by atoms with Crippen molar-refractivity contribution in [2.24, 2.45) is 0 Å². The number of para-hydroxylation sites is 1. The van der Waals surface area contributed by atoms with E-state index in [0.29, 0.717) is 5.69 Å². The van der Waals surface area contributed by atoms with Crippen LogP contribution in [0, 0.1) is 10.1 Å². The molecule has 1 aliphatic rings. The average Bonchev–Trinajstić information content (AvgIpc) is 2.80. The number of carbonyl (C=O) groups is 2. The van der Waals surface area contributed by atoms with Gasteiger partial charge in [0, 0.05) is 17.8 Å². The van der Waals surface area contributed by atoms with Gasteiger partial charge in [0.25, 0.3) is 11.6 Å². The lowest BCUT2D eigenvalue weighted by Crippen LogP contribution is -2.41. The fourth-order valence-electron chi connectivity index (χ4n) is 2.67. The summed E-state index contributed by atoms with van der Waals surface area (Å²) in [6.45, 7) is 1.39. The summed E-state index contributed by atoms with van der Waals surface area (Å²) in [5.41, 5.74) is -0.726. The number of hydrogen-bond donors (Lipinski definition) is 1. The van der Waals surface area contributed by atoms with Gasteiger partial charge in [-0.15, -0.1) is 0 Å². The van der Waals surface area contributed by atoms with Crippen LogP contribution in [0.3, 0.4) is 0 Å². The summed E-state index contributed by atoms with van der Waals surface area (Å²) < 4.78 is 0. The molecule has 3 amide bonds. The van der Waals surface area contributed by atoms with Crippen molar-refractivity contribution in [1.29, 1.82) is 0 Å². The van der Waals surface area contributed by atoms with Crippen LogP contribution in [0.5, 0.6) is 0 Å². The second kappa shape index (κ2) is 5.73. The molecule has 0 radical (unpaired) electrons. The van der Waals surface area contributed by atoms with Crippen LogP contribution in [0.15, 0.2) is 48.7 Å². The van der Waals surface area contributed by atoms with Crippen molar-refractivity contribution < 1.29 is 14.5 Å². The van der Waals surface area contributed by atoms with E-state index in [4.69, 9.17) is 0 Å². The van der Waals surface area contributed by atoms with Crippen LogP contribution in [-0.2, 0) is 16.9 Å². The maximum absolute atomic E-state index is 12.8. The molecule has 122 valence electrons. The summed E-state index contributed by atoms with van der Waals surface area (Å²) in [6.07, 6.45) is 1.53. The fourth-order valence-corrected chi connectivity index (χ4v) is 2.67. The molecule has 1 aliphatic heterocycles. The standard InChI is InChI=1S/C16H14N4O4/c1-16(13-8-4-5-9-17-13)14(21)19(15(22)18-16)10-11-6-2-3-7-12(11)20(23)24/h2-9H,10H2,1H3,(H,18,22). The van der Waals surface area contributed by atoms with Gasteiger partial charge in [-0.3, -0.25) is 24.8 Å². The number of imide groups is 1. The Hall–Kier alpha value is -3.29. The average molecular weight is 326 g/mol. The Morgan fingerprint density at radius 3 is 2.58 bits per heavy atom. The SMILES string of the molecule is CC1(c2ccccn2)NC(=O)N(Cc2ccccc2[N+](=O)[O-])C1=O. The topological polar surface area (TPSA) is 105 Å². The molecule has 1 N–H and O–H groups in total. The highest BCUT2D eigenvalue weighted by Crippen LogP contribution is 2.29. The number of nitro benzene ring substituents is 1. The molecule has 0 saturated carbocycles. The minimum absolute atomic E-state index is 0.135. The van der Waals surface area contributed by atoms with Gasteiger partial charge in [0.1, 0.15) is 0 Å². The van der Waals surface area contributed by atoms with Gasteiger partial charge in [-0.2, -0.15) is 0 Å². The molecule has 0 spiro atoms. The first-order valence-corrected chi connectivity index (χ1v) is 7.21. The lowest BCUT2D eigenvalue weighted by Gasteiger charge is -2.20. The van der Waals surface area contributed by atoms with E-state index < -0.39 is 22.4 Å². The molecule has 1 saturated heterocycles. The Morgan fingerprint density at radius 2 is 1.92 bits per heavy atom. The highest BCUT2D eigenvalue weighted by molar-refractivity contribution is 6.06. The van der Waals surface area contributed by atoms with Crippen LogP contribution in [-0.4, -0.2) is 26.7 Å². The zero-order valence-corrected chi connectivity index (χ0v) is 12.8. The van der Waals surface area contributed by atoms with E-state index in [1.54, 1.807) is 31.2 Å². The second-order valence-electron chi connectivity index (χ2n) is 5.55. The molecular formula is C16H14N4O4. The summed E-state index contributed by atoms with van der Waals surface area (Å²) in [5, 5.41) is 13.7. The zero-order valence-electron chi connectivity index (χ0n) is 12.8. The number of amides is 3. The van der Waals surface area contributed by atoms with E-state index >= 15 is 0 Å². The number of nitro groups is 1. The fraction of sp³-hybridized carbons (Fsp3) is 0.188. The largest absolute Gasteiger partial charge is 0.325 e. The first-order chi connectivity index (χ1) is 11.4. The minimum Gasteiger partial charge on any atom is -0.318 e. The lowest BCUT2D eigenvalue weighted by atomic mass is 9.97. The van der Waals surface area contributed by atoms with E-state index in [9.17, 15) is 19.7 Å². The molecule has 2 aromatic rings. The molecule has 1 aromatic heterocycles. The van der Waals surface area contributed by atoms with Crippen LogP contribution in [0.1, 0.15) is 18.2 Å². The summed E-state index contributed by atoms with van der Waals surface area (Å²) >= 11 is 0. The number of aromatic nitrogens is 1. The predicted octanol–water partition coefficient (Wildman–Crippen LogP) is 1.96. The Labute approximate surface area is 137 Å². The number of benzene rings is 1. The van der Waals surface area contributed by atoms with Gasteiger partial charge >= 0.3 is 6.03 Å². The van der Waals surface area contributed by atoms with Gasteiger partial charge in [0.2, 0.25) is 0 Å². The van der Waals surface area contributed by atoms with E-state index in [2.05, 4.69) is 10.3 Å². The minimum atomic E-state index is -1.29. The molecule has 1 unspecified atom stereocenters. The van der Waals surface area contributed by atoms with E-state index in [0.717, 1.165) is 4.90 Å². The van der Waals surface area contributed by atoms with Gasteiger partial charge in [0.15, 0.2) is 5.54 Å². The predicted molar refractivity (Wildman–Crippen MR) is 83.8 cm³/mol. The lowest BCUT2D eigenvalue weighted by molar-refractivity contribution is -0.385. The summed E-state index contributed by atoms with van der Waals surface area (Å²) in [5.74, 6) is -0.496. The van der Waals surface area contributed by atoms with Gasteiger partial charge in [0.05, 0.1) is 17.2 Å². The van der Waals surface area contributed by atoms with Crippen molar-refractivity contribution in [2.45, 2.75) is 19.0 Å². The summed E-state index contributed by atoms with van der Waals surface area (Å²) in [6, 6.07) is 10.5. The summed E-state index contributed by atoms with van der Waals surface area (Å²) in [7, 11) is 0. The van der Waals surface area contributed by atoms with Gasteiger partial charge < -0.3 is 5.32 Å². The van der Waals surface area contributed by atoms with Crippen LogP contribution < -0.4 is 5.32 Å². The molecule has 1 aromatic carbocycles. The van der Waals surface area contributed by atoms with Crippen LogP contribution >= 0.6 is 0 Å². The third kappa shape index (κ3) is 2.47. The highest BCUT2D eigenvalue weighted by atomic mass is 16.6. The molecule has 1 atom stereocenters. The number of urea groups is 1. The Bertz CT molecular complexity index is 824. The van der Waals surface area contributed by atoms with Crippen LogP contribution in [0.2, 0.25) is 0 Å². The normalized spacial score (nSPS) is 20.1. The van der Waals surface area contributed by atoms with Crippen LogP contribution in [0.25, 0.3) is 0 Å². The van der Waals surface area contributed by atoms with Crippen molar-refractivity contribution in [3.8, 4) is 0 Å². The first-order valence-electron chi connectivity index (χ1n) is 7.21. The third-order valence-electron chi connectivity index (χ3n) is 3.97. The Balaban J connectivity index is 1.93. The van der Waals surface area contributed by atoms with Crippen LogP contribution in [0.4, 0.5) is 10.5 Å². The number of nitrogens with one attached hydrogen (secondary N) is 1. The summed E-state index contributed by atoms with van der Waals surface area (Å²) in [4.78, 5) is 40.7. The Morgan fingerprint density at radius 1 is 1.21 bits per heavy atom. The quantitative estimate of drug-likeness (QED) is 0.525. The molecule has 3 rings (SSSR count). The Kier molecular flexibility index (Phi) is 3.72. The first kappa shape index (κ1) is 15.6. The maximum Gasteiger partial charge on any atom is 0.325 e. The van der Waals surface area contributed by atoms with Crippen molar-refractivity contribution in [3.63, 3.8) is 0 Å². The molecule has 0 aliphatic carbocycles. The second-order valence-corrected chi connectivity index (χ2v) is 5.55. The molecular weight excluding hydrogens is 312 g/mol. The van der Waals surface area contributed by atoms with Gasteiger partial charge in [-0.25, -0.2) is 4.79 Å². The molecule has 8 heteroatoms. The number of hydrogen-bond acceptors (Lipinski definition) is 5. The number of nitrogens with zero attached hydrogens (tertiary/aromatic N) is 3. The molecule has 0 bridgehead atoms. The van der Waals surface area contributed by atoms with Crippen molar-refractivity contribution >= 4 is 17.6 Å². The van der Waals surface area contributed by atoms with Crippen molar-refractivity contribution in [2.75, 3.05) is 0 Å². The maximum atomic E-state index is 12.8. The van der Waals surface area contributed by atoms with E-state index in [-0.39, 0.29) is 17.8 Å². The molecule has 8 nitrogen and oxygen atoms in total. The third-order valence-corrected chi connectivity index (χ3v) is 3.97. The van der Waals surface area contributed by atoms with E-state index in [1.807, 2.05) is 0 Å². The number of rotatable bonds is 4.